The molecule has 40 heavy (non-hydrogen) atoms. The molecular formula is C30H35N3O6S. The minimum absolute atomic E-state index is 0.0547. The van der Waals surface area contributed by atoms with E-state index in [-0.39, 0.29) is 23.7 Å². The summed E-state index contributed by atoms with van der Waals surface area (Å²) in [5.74, 6) is 0.226. The lowest BCUT2D eigenvalue weighted by Gasteiger charge is -2.31. The number of nitrogens with zero attached hydrogens (tertiary/aromatic N) is 3. The number of aromatic nitrogens is 1. The van der Waals surface area contributed by atoms with Gasteiger partial charge in [-0.1, -0.05) is 12.1 Å². The van der Waals surface area contributed by atoms with Crippen LogP contribution in [0.1, 0.15) is 56.6 Å². The summed E-state index contributed by atoms with van der Waals surface area (Å²) in [5, 5.41) is 0. The van der Waals surface area contributed by atoms with E-state index in [9.17, 15) is 14.4 Å². The number of amides is 2. The minimum atomic E-state index is -0.383. The fourth-order valence-electron chi connectivity index (χ4n) is 4.74. The maximum atomic E-state index is 13.3. The first kappa shape index (κ1) is 29.1. The van der Waals surface area contributed by atoms with Crippen molar-refractivity contribution >= 4 is 29.1 Å². The minimum Gasteiger partial charge on any atom is -0.493 e. The highest BCUT2D eigenvalue weighted by Crippen LogP contribution is 2.28. The second kappa shape index (κ2) is 13.0. The van der Waals surface area contributed by atoms with Crippen molar-refractivity contribution in [3.05, 3.63) is 74.5 Å². The Kier molecular flexibility index (Phi) is 9.42. The molecule has 0 spiro atoms. The summed E-state index contributed by atoms with van der Waals surface area (Å²) in [4.78, 5) is 46.3. The van der Waals surface area contributed by atoms with Crippen molar-refractivity contribution in [3.8, 4) is 11.5 Å². The van der Waals surface area contributed by atoms with E-state index in [1.54, 1.807) is 37.1 Å². The van der Waals surface area contributed by atoms with Gasteiger partial charge >= 0.3 is 5.97 Å². The standard InChI is InChI=1S/C30H35N3O6S/c1-6-39-29(36)22-12-14-32(15-13-22)28(35)24-9-7-8-21(16-24)18-33-19(2)20(3)40-30(33)31-27(34)23-10-11-25(37-4)26(17-23)38-5/h7-11,16-17,22H,6,12-15,18H2,1-5H3. The Morgan fingerprint density at radius 2 is 1.70 bits per heavy atom. The van der Waals surface area contributed by atoms with Crippen LogP contribution in [0.2, 0.25) is 0 Å². The van der Waals surface area contributed by atoms with Gasteiger partial charge in [0.15, 0.2) is 16.3 Å². The summed E-state index contributed by atoms with van der Waals surface area (Å²) >= 11 is 1.45. The lowest BCUT2D eigenvalue weighted by molar-refractivity contribution is -0.149. The SMILES string of the molecule is CCOC(=O)C1CCN(C(=O)c2cccc(Cn3c(C)c(C)sc3=NC(=O)c3ccc(OC)c(OC)c3)c2)CC1. The predicted octanol–water partition coefficient (Wildman–Crippen LogP) is 4.39. The van der Waals surface area contributed by atoms with Crippen LogP contribution in [-0.4, -0.2) is 61.2 Å². The van der Waals surface area contributed by atoms with Crippen LogP contribution in [0, 0.1) is 19.8 Å². The van der Waals surface area contributed by atoms with Gasteiger partial charge in [-0.05, 0) is 69.5 Å². The van der Waals surface area contributed by atoms with Gasteiger partial charge in [0.1, 0.15) is 0 Å². The van der Waals surface area contributed by atoms with Crippen molar-refractivity contribution in [2.45, 2.75) is 40.2 Å². The van der Waals surface area contributed by atoms with Crippen LogP contribution >= 0.6 is 11.3 Å². The molecule has 3 aromatic rings. The first-order chi connectivity index (χ1) is 19.2. The van der Waals surface area contributed by atoms with Gasteiger partial charge in [0.05, 0.1) is 33.3 Å². The fourth-order valence-corrected chi connectivity index (χ4v) is 5.71. The Hall–Kier alpha value is -3.92. The summed E-state index contributed by atoms with van der Waals surface area (Å²) in [6.45, 7) is 7.65. The molecule has 0 unspecified atom stereocenters. The van der Waals surface area contributed by atoms with Crippen molar-refractivity contribution < 1.29 is 28.6 Å². The topological polar surface area (TPSA) is 99.4 Å². The molecule has 0 bridgehead atoms. The summed E-state index contributed by atoms with van der Waals surface area (Å²) in [6, 6.07) is 12.5. The lowest BCUT2D eigenvalue weighted by atomic mass is 9.96. The largest absolute Gasteiger partial charge is 0.493 e. The van der Waals surface area contributed by atoms with Crippen LogP contribution in [0.4, 0.5) is 0 Å². The van der Waals surface area contributed by atoms with Crippen molar-refractivity contribution in [2.24, 2.45) is 10.9 Å². The number of hydrogen-bond donors (Lipinski definition) is 0. The third-order valence-corrected chi connectivity index (χ3v) is 8.23. The normalized spacial score (nSPS) is 14.2. The second-order valence-corrected chi connectivity index (χ2v) is 10.8. The molecule has 1 aromatic heterocycles. The zero-order chi connectivity index (χ0) is 28.8. The van der Waals surface area contributed by atoms with Gasteiger partial charge in [0, 0.05) is 34.8 Å². The monoisotopic (exact) mass is 565 g/mol. The van der Waals surface area contributed by atoms with E-state index in [1.165, 1.54) is 18.4 Å². The molecule has 1 fully saturated rings. The van der Waals surface area contributed by atoms with Crippen molar-refractivity contribution in [3.63, 3.8) is 0 Å². The number of carbonyl (C=O) groups is 3. The maximum absolute atomic E-state index is 13.3. The van der Waals surface area contributed by atoms with E-state index in [0.717, 1.165) is 16.1 Å². The van der Waals surface area contributed by atoms with Gasteiger partial charge in [0.2, 0.25) is 0 Å². The van der Waals surface area contributed by atoms with Gasteiger partial charge in [0.25, 0.3) is 11.8 Å². The second-order valence-electron chi connectivity index (χ2n) is 9.62. The summed E-state index contributed by atoms with van der Waals surface area (Å²) in [5.41, 5.74) is 2.92. The van der Waals surface area contributed by atoms with E-state index in [4.69, 9.17) is 14.2 Å². The van der Waals surface area contributed by atoms with Crippen LogP contribution < -0.4 is 14.3 Å². The number of ether oxygens (including phenoxy) is 3. The van der Waals surface area contributed by atoms with Crippen molar-refractivity contribution in [1.82, 2.24) is 9.47 Å². The van der Waals surface area contributed by atoms with Gasteiger partial charge in [-0.3, -0.25) is 14.4 Å². The number of aryl methyl sites for hydroxylation is 1. The number of rotatable bonds is 8. The van der Waals surface area contributed by atoms with E-state index in [0.29, 0.717) is 66.5 Å². The van der Waals surface area contributed by atoms with E-state index in [2.05, 4.69) is 4.99 Å². The Labute approximate surface area is 238 Å². The van der Waals surface area contributed by atoms with Gasteiger partial charge in [-0.15, -0.1) is 11.3 Å². The predicted molar refractivity (Wildman–Crippen MR) is 152 cm³/mol. The van der Waals surface area contributed by atoms with Crippen LogP contribution in [0.25, 0.3) is 0 Å². The molecule has 0 radical (unpaired) electrons. The number of piperidine rings is 1. The quantitative estimate of drug-likeness (QED) is 0.376. The molecule has 4 rings (SSSR count). The molecule has 9 nitrogen and oxygen atoms in total. The number of thiazole rings is 1. The van der Waals surface area contributed by atoms with Crippen LogP contribution in [0.5, 0.6) is 11.5 Å². The van der Waals surface area contributed by atoms with E-state index in [1.807, 2.05) is 42.7 Å². The number of benzene rings is 2. The molecule has 2 amide bonds. The zero-order valence-electron chi connectivity index (χ0n) is 23.6. The van der Waals surface area contributed by atoms with E-state index < -0.39 is 0 Å². The van der Waals surface area contributed by atoms with Crippen LogP contribution in [0.3, 0.4) is 0 Å². The highest BCUT2D eigenvalue weighted by Gasteiger charge is 2.28. The van der Waals surface area contributed by atoms with Gasteiger partial charge in [-0.2, -0.15) is 4.99 Å². The first-order valence-electron chi connectivity index (χ1n) is 13.3. The van der Waals surface area contributed by atoms with Crippen LogP contribution in [0.15, 0.2) is 47.5 Å². The van der Waals surface area contributed by atoms with Crippen LogP contribution in [-0.2, 0) is 16.1 Å². The number of carbonyl (C=O) groups excluding carboxylic acids is 3. The van der Waals surface area contributed by atoms with E-state index >= 15 is 0 Å². The molecule has 0 atom stereocenters. The molecule has 0 aliphatic carbocycles. The Balaban J connectivity index is 1.53. The molecule has 1 aliphatic heterocycles. The van der Waals surface area contributed by atoms with Crippen molar-refractivity contribution in [2.75, 3.05) is 33.9 Å². The summed E-state index contributed by atoms with van der Waals surface area (Å²) < 4.78 is 17.7. The Morgan fingerprint density at radius 1 is 0.975 bits per heavy atom. The molecule has 0 saturated carbocycles. The fraction of sp³-hybridized carbons (Fsp3) is 0.400. The maximum Gasteiger partial charge on any atom is 0.309 e. The molecule has 0 N–H and O–H groups in total. The number of esters is 1. The molecule has 2 heterocycles. The average molecular weight is 566 g/mol. The highest BCUT2D eigenvalue weighted by molar-refractivity contribution is 7.09. The number of methoxy groups -OCH3 is 2. The van der Waals surface area contributed by atoms with Gasteiger partial charge in [-0.25, -0.2) is 0 Å². The zero-order valence-corrected chi connectivity index (χ0v) is 24.4. The first-order valence-corrected chi connectivity index (χ1v) is 14.1. The highest BCUT2D eigenvalue weighted by atomic mass is 32.1. The average Bonchev–Trinajstić information content (AvgIpc) is 3.23. The summed E-state index contributed by atoms with van der Waals surface area (Å²) in [6.07, 6.45) is 1.21. The molecule has 1 saturated heterocycles. The Bertz CT molecular complexity index is 1470. The smallest absolute Gasteiger partial charge is 0.309 e. The van der Waals surface area contributed by atoms with Gasteiger partial charge < -0.3 is 23.7 Å². The molecule has 10 heteroatoms. The Morgan fingerprint density at radius 3 is 2.38 bits per heavy atom. The molecule has 2 aromatic carbocycles. The number of hydrogen-bond acceptors (Lipinski definition) is 7. The molecular weight excluding hydrogens is 530 g/mol. The summed E-state index contributed by atoms with van der Waals surface area (Å²) in [7, 11) is 3.06. The lowest BCUT2D eigenvalue weighted by Crippen LogP contribution is -2.40. The molecule has 1 aliphatic rings. The molecule has 212 valence electrons. The van der Waals surface area contributed by atoms with Crippen molar-refractivity contribution in [1.29, 1.82) is 0 Å². The third kappa shape index (κ3) is 6.44. The third-order valence-electron chi connectivity index (χ3n) is 7.13. The number of likely N-dealkylation sites (tertiary alicyclic amines) is 1.